The van der Waals surface area contributed by atoms with E-state index in [4.69, 9.17) is 9.97 Å². The van der Waals surface area contributed by atoms with Crippen molar-refractivity contribution >= 4 is 22.1 Å². The molecule has 1 atom stereocenters. The maximum atomic E-state index is 5.37. The van der Waals surface area contributed by atoms with E-state index in [0.29, 0.717) is 5.92 Å². The van der Waals surface area contributed by atoms with Gasteiger partial charge in [0.15, 0.2) is 0 Å². The lowest BCUT2D eigenvalue weighted by Gasteiger charge is -2.15. The Morgan fingerprint density at radius 3 is 2.05 bits per heavy atom. The number of aromatic nitrogens is 4. The SMILES string of the molecule is Cc1ccc(-c2c3ccc(cc4nc(cc5nc(c(-c6c(C)cc(C)cc6C)c6ccc2[nH]6)CC5C)CC4(C)C)[nH]3)cc1. The average molecular weight is 565 g/mol. The summed E-state index contributed by atoms with van der Waals surface area (Å²) in [7, 11) is 0. The average Bonchev–Trinajstić information content (AvgIpc) is 3.72. The smallest absolute Gasteiger partial charge is 0.0512 e. The topological polar surface area (TPSA) is 57.4 Å². The van der Waals surface area contributed by atoms with Crippen LogP contribution >= 0.6 is 0 Å². The van der Waals surface area contributed by atoms with Gasteiger partial charge in [-0.3, -0.25) is 9.97 Å². The van der Waals surface area contributed by atoms with E-state index < -0.39 is 0 Å². The summed E-state index contributed by atoms with van der Waals surface area (Å²) in [5.74, 6) is 0.320. The van der Waals surface area contributed by atoms with E-state index in [-0.39, 0.29) is 5.41 Å². The lowest BCUT2D eigenvalue weighted by molar-refractivity contribution is 0.543. The Balaban J connectivity index is 1.66. The van der Waals surface area contributed by atoms with Crippen molar-refractivity contribution in [3.8, 4) is 22.3 Å². The van der Waals surface area contributed by atoms with Crippen molar-refractivity contribution in [2.75, 3.05) is 0 Å². The van der Waals surface area contributed by atoms with Gasteiger partial charge in [0.05, 0.1) is 5.69 Å². The van der Waals surface area contributed by atoms with Gasteiger partial charge in [-0.25, -0.2) is 0 Å². The second kappa shape index (κ2) is 10.1. The molecular weight excluding hydrogens is 524 g/mol. The summed E-state index contributed by atoms with van der Waals surface area (Å²) in [5.41, 5.74) is 18.6. The number of nitrogens with zero attached hydrogens (tertiary/aromatic N) is 2. The fourth-order valence-corrected chi connectivity index (χ4v) is 7.07. The fourth-order valence-electron chi connectivity index (χ4n) is 7.07. The third-order valence-electron chi connectivity index (χ3n) is 9.21. The van der Waals surface area contributed by atoms with Crippen LogP contribution in [-0.4, -0.2) is 19.9 Å². The van der Waals surface area contributed by atoms with Crippen molar-refractivity contribution in [3.05, 3.63) is 118 Å². The Bertz CT molecular complexity index is 2030. The van der Waals surface area contributed by atoms with Gasteiger partial charge >= 0.3 is 0 Å². The molecule has 1 unspecified atom stereocenters. The second-order valence-corrected chi connectivity index (χ2v) is 13.4. The standard InChI is InChI=1S/C39H40N4/c1-22-8-10-27(11-9-22)37-30-13-12-28(40-30)20-35-39(6,7)21-29(41-35)19-33-24(3)18-34(43-33)38(32-15-14-31(37)42-32)36-25(4)16-23(2)17-26(36)5/h8-17,19-20,24,40,42H,18,21H2,1-7H3. The first-order valence-electron chi connectivity index (χ1n) is 15.4. The highest BCUT2D eigenvalue weighted by molar-refractivity contribution is 5.95. The number of hydrogen-bond donors (Lipinski definition) is 2. The van der Waals surface area contributed by atoms with Crippen molar-refractivity contribution in [1.29, 1.82) is 0 Å². The summed E-state index contributed by atoms with van der Waals surface area (Å²) in [6.45, 7) is 15.6. The van der Waals surface area contributed by atoms with Crippen LogP contribution in [0, 0.1) is 27.7 Å². The molecule has 216 valence electrons. The van der Waals surface area contributed by atoms with Gasteiger partial charge in [0.25, 0.3) is 0 Å². The molecule has 0 saturated heterocycles. The van der Waals surface area contributed by atoms with Crippen LogP contribution in [0.3, 0.4) is 0 Å². The zero-order valence-electron chi connectivity index (χ0n) is 26.3. The molecule has 3 aromatic heterocycles. The van der Waals surface area contributed by atoms with Crippen LogP contribution in [0.1, 0.15) is 71.7 Å². The zero-order chi connectivity index (χ0) is 30.0. The molecule has 0 aliphatic carbocycles. The maximum Gasteiger partial charge on any atom is 0.0512 e. The van der Waals surface area contributed by atoms with Crippen LogP contribution in [-0.2, 0) is 18.3 Å². The summed E-state index contributed by atoms with van der Waals surface area (Å²) in [6.07, 6.45) is 1.80. The molecule has 4 heteroatoms. The summed E-state index contributed by atoms with van der Waals surface area (Å²) < 4.78 is 0. The minimum atomic E-state index is -0.0507. The molecule has 8 bridgehead atoms. The fraction of sp³-hybridized carbons (Fsp3) is 0.282. The Hall–Kier alpha value is -4.44. The van der Waals surface area contributed by atoms with Crippen LogP contribution in [0.2, 0.25) is 0 Å². The minimum absolute atomic E-state index is 0.0507. The number of benzene rings is 2. The van der Waals surface area contributed by atoms with Gasteiger partial charge in [-0.15, -0.1) is 0 Å². The monoisotopic (exact) mass is 564 g/mol. The predicted octanol–water partition coefficient (Wildman–Crippen LogP) is 9.75. The van der Waals surface area contributed by atoms with Crippen molar-refractivity contribution in [3.63, 3.8) is 0 Å². The van der Waals surface area contributed by atoms with E-state index in [9.17, 15) is 0 Å². The highest BCUT2D eigenvalue weighted by atomic mass is 14.8. The van der Waals surface area contributed by atoms with E-state index in [0.717, 1.165) is 63.2 Å². The molecule has 2 aliphatic rings. The van der Waals surface area contributed by atoms with Crippen LogP contribution in [0.4, 0.5) is 0 Å². The van der Waals surface area contributed by atoms with Crippen LogP contribution in [0.15, 0.2) is 72.8 Å². The number of hydrogen-bond acceptors (Lipinski definition) is 2. The molecule has 4 nitrogen and oxygen atoms in total. The molecule has 0 amide bonds. The summed E-state index contributed by atoms with van der Waals surface area (Å²) in [4.78, 5) is 18.1. The zero-order valence-corrected chi connectivity index (χ0v) is 26.3. The molecule has 2 aliphatic heterocycles. The summed E-state index contributed by atoms with van der Waals surface area (Å²) in [6, 6.07) is 26.7. The Labute approximate surface area is 254 Å². The number of aromatic amines is 2. The van der Waals surface area contributed by atoms with Crippen LogP contribution in [0.25, 0.3) is 44.3 Å². The number of nitrogens with one attached hydrogen (secondary N) is 2. The third-order valence-corrected chi connectivity index (χ3v) is 9.21. The van der Waals surface area contributed by atoms with Gasteiger partial charge in [-0.1, -0.05) is 68.3 Å². The summed E-state index contributed by atoms with van der Waals surface area (Å²) in [5, 5.41) is 0. The molecule has 5 aromatic rings. The Morgan fingerprint density at radius 1 is 0.674 bits per heavy atom. The van der Waals surface area contributed by atoms with E-state index >= 15 is 0 Å². The second-order valence-electron chi connectivity index (χ2n) is 13.4. The molecule has 0 saturated carbocycles. The normalized spacial score (nSPS) is 16.0. The highest BCUT2D eigenvalue weighted by Crippen LogP contribution is 2.39. The summed E-state index contributed by atoms with van der Waals surface area (Å²) >= 11 is 0. The first-order chi connectivity index (χ1) is 20.6. The van der Waals surface area contributed by atoms with Gasteiger partial charge in [0, 0.05) is 68.0 Å². The van der Waals surface area contributed by atoms with Gasteiger partial charge in [0.2, 0.25) is 0 Å². The molecule has 43 heavy (non-hydrogen) atoms. The lowest BCUT2D eigenvalue weighted by Crippen LogP contribution is -2.15. The van der Waals surface area contributed by atoms with Gasteiger partial charge in [-0.2, -0.15) is 0 Å². The highest BCUT2D eigenvalue weighted by Gasteiger charge is 2.29. The van der Waals surface area contributed by atoms with Crippen molar-refractivity contribution in [2.24, 2.45) is 0 Å². The van der Waals surface area contributed by atoms with Crippen LogP contribution in [0.5, 0.6) is 0 Å². The van der Waals surface area contributed by atoms with E-state index in [1.165, 1.54) is 38.9 Å². The first kappa shape index (κ1) is 27.4. The van der Waals surface area contributed by atoms with Crippen molar-refractivity contribution in [1.82, 2.24) is 19.9 Å². The molecule has 7 rings (SSSR count). The van der Waals surface area contributed by atoms with Crippen molar-refractivity contribution < 1.29 is 0 Å². The minimum Gasteiger partial charge on any atom is -0.355 e. The molecular formula is C39H40N4. The largest absolute Gasteiger partial charge is 0.355 e. The van der Waals surface area contributed by atoms with Gasteiger partial charge < -0.3 is 9.97 Å². The molecule has 5 heterocycles. The number of aryl methyl sites for hydroxylation is 4. The number of fused-ring (bicyclic) bond motifs is 8. The van der Waals surface area contributed by atoms with Gasteiger partial charge in [0.1, 0.15) is 0 Å². The molecule has 0 fully saturated rings. The predicted molar refractivity (Wildman–Crippen MR) is 180 cm³/mol. The third kappa shape index (κ3) is 4.89. The molecule has 0 spiro atoms. The quantitative estimate of drug-likeness (QED) is 0.224. The number of rotatable bonds is 2. The Morgan fingerprint density at radius 2 is 1.33 bits per heavy atom. The maximum absolute atomic E-state index is 5.37. The van der Waals surface area contributed by atoms with E-state index in [1.54, 1.807) is 0 Å². The molecule has 2 aromatic carbocycles. The van der Waals surface area contributed by atoms with Crippen molar-refractivity contribution in [2.45, 2.75) is 72.6 Å². The first-order valence-corrected chi connectivity index (χ1v) is 15.4. The molecule has 2 N–H and O–H groups in total. The molecule has 0 radical (unpaired) electrons. The van der Waals surface area contributed by atoms with E-state index in [1.807, 2.05) is 0 Å². The Kier molecular flexibility index (Phi) is 6.42. The van der Waals surface area contributed by atoms with E-state index in [2.05, 4.69) is 131 Å². The lowest BCUT2D eigenvalue weighted by atomic mass is 9.87. The van der Waals surface area contributed by atoms with Gasteiger partial charge in [-0.05, 0) is 92.8 Å². The number of H-pyrrole nitrogens is 2. The van der Waals surface area contributed by atoms with Crippen LogP contribution < -0.4 is 0 Å².